The molecule has 0 saturated carbocycles. The third kappa shape index (κ3) is 6.62. The molecule has 51 heavy (non-hydrogen) atoms. The van der Waals surface area contributed by atoms with Crippen LogP contribution >= 0.6 is 11.3 Å². The van der Waals surface area contributed by atoms with Crippen molar-refractivity contribution in [2.45, 2.75) is 46.8 Å². The lowest BCUT2D eigenvalue weighted by atomic mass is 9.96. The van der Waals surface area contributed by atoms with Gasteiger partial charge in [0.25, 0.3) is 5.56 Å². The number of esters is 1. The Morgan fingerprint density at radius 3 is 2.16 bits per heavy atom. The third-order valence-corrected chi connectivity index (χ3v) is 9.80. The lowest BCUT2D eigenvalue weighted by molar-refractivity contribution is -0.143. The van der Waals surface area contributed by atoms with Crippen LogP contribution in [0.1, 0.15) is 50.4 Å². The van der Waals surface area contributed by atoms with E-state index < -0.39 is 12.0 Å². The van der Waals surface area contributed by atoms with E-state index >= 15 is 0 Å². The average Bonchev–Trinajstić information content (AvgIpc) is 3.65. The molecule has 7 nitrogen and oxygen atoms in total. The second-order valence-corrected chi connectivity index (χ2v) is 13.8. The molecule has 0 N–H and O–H groups in total. The molecular formula is C43H39N3O4S. The lowest BCUT2D eigenvalue weighted by Gasteiger charge is -2.25. The Balaban J connectivity index is 1.48. The Labute approximate surface area is 301 Å². The zero-order valence-electron chi connectivity index (χ0n) is 29.3. The normalized spacial score (nSPS) is 14.4. The van der Waals surface area contributed by atoms with Crippen LogP contribution in [-0.2, 0) is 9.53 Å². The smallest absolute Gasteiger partial charge is 0.338 e. The topological polar surface area (TPSA) is 74.8 Å². The van der Waals surface area contributed by atoms with Gasteiger partial charge in [0.05, 0.1) is 45.9 Å². The van der Waals surface area contributed by atoms with Crippen molar-refractivity contribution in [1.29, 1.82) is 0 Å². The number of benzene rings is 4. The van der Waals surface area contributed by atoms with E-state index in [1.165, 1.54) is 16.9 Å². The van der Waals surface area contributed by atoms with E-state index in [1.54, 1.807) is 11.5 Å². The SMILES string of the molecule is CCOc1ccc([C@H]2C(C(=O)OC(C)C)=C(C)N=c3s/c(=C/c4cc(-c5ccccc5)n(-c5ccc(C)cc5)c4-c4ccccc4)c(=O)n32)cc1. The minimum atomic E-state index is -0.726. The van der Waals surface area contributed by atoms with Crippen molar-refractivity contribution in [3.8, 4) is 34.0 Å². The Kier molecular flexibility index (Phi) is 9.43. The molecule has 0 spiro atoms. The Morgan fingerprint density at radius 2 is 1.53 bits per heavy atom. The van der Waals surface area contributed by atoms with Crippen LogP contribution in [-0.4, -0.2) is 27.8 Å². The molecule has 3 heterocycles. The predicted molar refractivity (Wildman–Crippen MR) is 204 cm³/mol. The van der Waals surface area contributed by atoms with E-state index in [2.05, 4.69) is 66.1 Å². The highest BCUT2D eigenvalue weighted by molar-refractivity contribution is 7.07. The number of nitrogens with zero attached hydrogens (tertiary/aromatic N) is 3. The Morgan fingerprint density at radius 1 is 0.882 bits per heavy atom. The minimum absolute atomic E-state index is 0.233. The van der Waals surface area contributed by atoms with Gasteiger partial charge in [0, 0.05) is 11.3 Å². The highest BCUT2D eigenvalue weighted by Crippen LogP contribution is 2.37. The van der Waals surface area contributed by atoms with E-state index in [-0.39, 0.29) is 11.7 Å². The van der Waals surface area contributed by atoms with Gasteiger partial charge in [0.2, 0.25) is 0 Å². The molecule has 1 aliphatic rings. The van der Waals surface area contributed by atoms with Crippen molar-refractivity contribution in [2.75, 3.05) is 6.61 Å². The summed E-state index contributed by atoms with van der Waals surface area (Å²) in [7, 11) is 0. The van der Waals surface area contributed by atoms with Gasteiger partial charge in [-0.15, -0.1) is 0 Å². The summed E-state index contributed by atoms with van der Waals surface area (Å²) in [5.74, 6) is 0.217. The van der Waals surface area contributed by atoms with Gasteiger partial charge >= 0.3 is 5.97 Å². The van der Waals surface area contributed by atoms with Crippen LogP contribution < -0.4 is 19.6 Å². The van der Waals surface area contributed by atoms with Crippen LogP contribution in [0.15, 0.2) is 136 Å². The van der Waals surface area contributed by atoms with E-state index in [4.69, 9.17) is 14.5 Å². The summed E-state index contributed by atoms with van der Waals surface area (Å²) in [6.45, 7) is 9.96. The number of carbonyl (C=O) groups excluding carboxylic acids is 1. The van der Waals surface area contributed by atoms with Gasteiger partial charge in [-0.05, 0) is 87.7 Å². The number of carbonyl (C=O) groups is 1. The maximum absolute atomic E-state index is 14.7. The number of hydrogen-bond donors (Lipinski definition) is 0. The van der Waals surface area contributed by atoms with Crippen molar-refractivity contribution in [3.05, 3.63) is 163 Å². The number of thiazole rings is 1. The van der Waals surface area contributed by atoms with Gasteiger partial charge in [-0.1, -0.05) is 102 Å². The molecule has 0 unspecified atom stereocenters. The maximum atomic E-state index is 14.7. The number of allylic oxidation sites excluding steroid dienone is 1. The molecule has 0 saturated heterocycles. The molecule has 1 atom stereocenters. The molecule has 0 bridgehead atoms. The summed E-state index contributed by atoms with van der Waals surface area (Å²) in [5.41, 5.74) is 8.49. The van der Waals surface area contributed by atoms with Crippen molar-refractivity contribution < 1.29 is 14.3 Å². The number of fused-ring (bicyclic) bond motifs is 1. The fourth-order valence-corrected chi connectivity index (χ4v) is 7.58. The molecule has 256 valence electrons. The molecule has 0 aliphatic carbocycles. The summed E-state index contributed by atoms with van der Waals surface area (Å²) in [5, 5.41) is 0. The summed E-state index contributed by atoms with van der Waals surface area (Å²) < 4.78 is 15.8. The molecule has 0 fully saturated rings. The molecule has 6 aromatic rings. The van der Waals surface area contributed by atoms with E-state index in [9.17, 15) is 9.59 Å². The standard InChI is InChI=1S/C43H39N3O4S/c1-6-49-35-23-19-32(20-24-35)40-38(42(48)50-27(2)3)29(5)44-43-46(40)41(47)37(51-43)26-33-25-36(30-13-9-7-10-14-30)45(34-21-17-28(4)18-22-34)39(33)31-15-11-8-12-16-31/h7-27,40H,6H2,1-5H3/b37-26+/t40-/m0/s1. The van der Waals surface area contributed by atoms with Crippen molar-refractivity contribution in [2.24, 2.45) is 4.99 Å². The van der Waals surface area contributed by atoms with Gasteiger partial charge < -0.3 is 14.0 Å². The van der Waals surface area contributed by atoms with E-state index in [0.29, 0.717) is 33.0 Å². The summed E-state index contributed by atoms with van der Waals surface area (Å²) in [4.78, 5) is 33.6. The van der Waals surface area contributed by atoms with Crippen LogP contribution in [0.4, 0.5) is 0 Å². The van der Waals surface area contributed by atoms with Crippen LogP contribution in [0.3, 0.4) is 0 Å². The van der Waals surface area contributed by atoms with Gasteiger partial charge in [-0.3, -0.25) is 9.36 Å². The van der Waals surface area contributed by atoms with E-state index in [1.807, 2.05) is 87.5 Å². The largest absolute Gasteiger partial charge is 0.494 e. The first-order chi connectivity index (χ1) is 24.7. The Bertz CT molecular complexity index is 2420. The lowest BCUT2D eigenvalue weighted by Crippen LogP contribution is -2.40. The quantitative estimate of drug-likeness (QED) is 0.144. The summed E-state index contributed by atoms with van der Waals surface area (Å²) in [6.07, 6.45) is 1.63. The van der Waals surface area contributed by atoms with Gasteiger partial charge in [-0.2, -0.15) is 0 Å². The first-order valence-corrected chi connectivity index (χ1v) is 17.9. The van der Waals surface area contributed by atoms with E-state index in [0.717, 1.165) is 39.3 Å². The molecule has 1 aliphatic heterocycles. The van der Waals surface area contributed by atoms with Crippen molar-refractivity contribution in [3.63, 3.8) is 0 Å². The zero-order chi connectivity index (χ0) is 35.6. The number of aryl methyl sites for hydroxylation is 1. The van der Waals surface area contributed by atoms with Crippen molar-refractivity contribution >= 4 is 23.4 Å². The number of ether oxygens (including phenoxy) is 2. The minimum Gasteiger partial charge on any atom is -0.494 e. The van der Waals surface area contributed by atoms with Crippen LogP contribution in [0.5, 0.6) is 5.75 Å². The molecule has 4 aromatic carbocycles. The second-order valence-electron chi connectivity index (χ2n) is 12.8. The molecule has 7 rings (SSSR count). The second kappa shape index (κ2) is 14.2. The zero-order valence-corrected chi connectivity index (χ0v) is 30.1. The van der Waals surface area contributed by atoms with Gasteiger partial charge in [-0.25, -0.2) is 9.79 Å². The number of aromatic nitrogens is 2. The fraction of sp³-hybridized carbons (Fsp3) is 0.186. The molecular weight excluding hydrogens is 655 g/mol. The van der Waals surface area contributed by atoms with Gasteiger partial charge in [0.1, 0.15) is 5.75 Å². The summed E-state index contributed by atoms with van der Waals surface area (Å²) >= 11 is 1.32. The highest BCUT2D eigenvalue weighted by atomic mass is 32.1. The van der Waals surface area contributed by atoms with Crippen LogP contribution in [0, 0.1) is 6.92 Å². The van der Waals surface area contributed by atoms with Gasteiger partial charge in [0.15, 0.2) is 4.80 Å². The average molecular weight is 694 g/mol. The first kappa shape index (κ1) is 33.8. The predicted octanol–water partition coefficient (Wildman–Crippen LogP) is 8.02. The molecule has 0 amide bonds. The first-order valence-electron chi connectivity index (χ1n) is 17.1. The Hall–Kier alpha value is -5.73. The van der Waals surface area contributed by atoms with Crippen LogP contribution in [0.25, 0.3) is 34.3 Å². The third-order valence-electron chi connectivity index (χ3n) is 8.82. The number of rotatable bonds is 9. The monoisotopic (exact) mass is 693 g/mol. The molecule has 2 aromatic heterocycles. The molecule has 8 heteroatoms. The van der Waals surface area contributed by atoms with Crippen molar-refractivity contribution in [1.82, 2.24) is 9.13 Å². The van der Waals surface area contributed by atoms with Crippen LogP contribution in [0.2, 0.25) is 0 Å². The summed E-state index contributed by atoms with van der Waals surface area (Å²) in [6, 6.07) is 37.9. The fourth-order valence-electron chi connectivity index (χ4n) is 6.54. The maximum Gasteiger partial charge on any atom is 0.338 e. The number of hydrogen-bond acceptors (Lipinski definition) is 6. The molecule has 0 radical (unpaired) electrons. The highest BCUT2D eigenvalue weighted by Gasteiger charge is 2.34.